The molecule has 1 rings (SSSR count). The number of aliphatic hydroxyl groups is 3. The molecule has 2 atom stereocenters. The Kier molecular flexibility index (Phi) is 2.05. The largest absolute Gasteiger partial charge is 0.390 e. The van der Waals surface area contributed by atoms with Crippen LogP contribution in [0.15, 0.2) is 0 Å². The summed E-state index contributed by atoms with van der Waals surface area (Å²) in [7, 11) is 0. The minimum atomic E-state index is -0.918. The summed E-state index contributed by atoms with van der Waals surface area (Å²) in [6, 6.07) is 0. The SMILES string of the molecule is OC1[C@@H](O)CCC[C@@H]1O. The standard InChI is InChI=1S/C6H12O3/c7-4-2-1-3-5(8)6(4)9/h4-9H,1-3H2/t4-,5-/m0/s1. The van der Waals surface area contributed by atoms with Gasteiger partial charge < -0.3 is 15.3 Å². The van der Waals surface area contributed by atoms with Crippen LogP contribution in [0, 0.1) is 0 Å². The fourth-order valence-corrected chi connectivity index (χ4v) is 1.13. The molecule has 0 aliphatic heterocycles. The molecule has 1 saturated carbocycles. The van der Waals surface area contributed by atoms with Crippen molar-refractivity contribution < 1.29 is 15.3 Å². The van der Waals surface area contributed by atoms with Crippen molar-refractivity contribution in [1.29, 1.82) is 0 Å². The minimum Gasteiger partial charge on any atom is -0.390 e. The first-order chi connectivity index (χ1) is 4.22. The minimum absolute atomic E-state index is 0.609. The second kappa shape index (κ2) is 2.64. The van der Waals surface area contributed by atoms with Crippen LogP contribution in [0.1, 0.15) is 19.3 Å². The summed E-state index contributed by atoms with van der Waals surface area (Å²) < 4.78 is 0. The normalized spacial score (nSPS) is 39.0. The summed E-state index contributed by atoms with van der Waals surface area (Å²) in [5.41, 5.74) is 0. The third kappa shape index (κ3) is 1.41. The van der Waals surface area contributed by atoms with Crippen molar-refractivity contribution in [2.75, 3.05) is 0 Å². The molecule has 0 aromatic carbocycles. The topological polar surface area (TPSA) is 60.7 Å². The van der Waals surface area contributed by atoms with Crippen LogP contribution in [0.25, 0.3) is 0 Å². The maximum Gasteiger partial charge on any atom is 0.106 e. The second-order valence-corrected chi connectivity index (χ2v) is 2.56. The summed E-state index contributed by atoms with van der Waals surface area (Å²) in [5, 5.41) is 26.8. The molecule has 0 aromatic rings. The van der Waals surface area contributed by atoms with E-state index in [1.165, 1.54) is 0 Å². The Hall–Kier alpha value is -0.120. The number of aliphatic hydroxyl groups excluding tert-OH is 3. The fraction of sp³-hybridized carbons (Fsp3) is 1.00. The third-order valence-electron chi connectivity index (χ3n) is 1.79. The highest BCUT2D eigenvalue weighted by atomic mass is 16.4. The Morgan fingerprint density at radius 3 is 1.67 bits per heavy atom. The molecule has 54 valence electrons. The lowest BCUT2D eigenvalue weighted by Crippen LogP contribution is -2.40. The van der Waals surface area contributed by atoms with Crippen molar-refractivity contribution in [2.24, 2.45) is 0 Å². The zero-order valence-electron chi connectivity index (χ0n) is 5.20. The maximum atomic E-state index is 8.95. The average Bonchev–Trinajstić information content (AvgIpc) is 1.83. The molecule has 1 aliphatic carbocycles. The van der Waals surface area contributed by atoms with Crippen LogP contribution >= 0.6 is 0 Å². The Bertz CT molecular complexity index is 84.3. The van der Waals surface area contributed by atoms with E-state index in [1.807, 2.05) is 0 Å². The summed E-state index contributed by atoms with van der Waals surface area (Å²) in [5.74, 6) is 0. The van der Waals surface area contributed by atoms with E-state index in [1.54, 1.807) is 0 Å². The quantitative estimate of drug-likeness (QED) is 0.406. The van der Waals surface area contributed by atoms with E-state index in [0.29, 0.717) is 12.8 Å². The molecule has 0 heterocycles. The molecule has 0 spiro atoms. The van der Waals surface area contributed by atoms with Crippen molar-refractivity contribution in [1.82, 2.24) is 0 Å². The summed E-state index contributed by atoms with van der Waals surface area (Å²) in [6.07, 6.45) is -0.322. The first-order valence-electron chi connectivity index (χ1n) is 3.26. The number of rotatable bonds is 0. The highest BCUT2D eigenvalue weighted by Crippen LogP contribution is 2.18. The second-order valence-electron chi connectivity index (χ2n) is 2.56. The lowest BCUT2D eigenvalue weighted by atomic mass is 9.92. The van der Waals surface area contributed by atoms with Crippen molar-refractivity contribution >= 4 is 0 Å². The molecule has 3 nitrogen and oxygen atoms in total. The zero-order valence-corrected chi connectivity index (χ0v) is 5.20. The molecule has 0 aromatic heterocycles. The van der Waals surface area contributed by atoms with E-state index in [2.05, 4.69) is 0 Å². The molecule has 1 aliphatic rings. The monoisotopic (exact) mass is 132 g/mol. The predicted molar refractivity (Wildman–Crippen MR) is 31.9 cm³/mol. The Labute approximate surface area is 53.9 Å². The Morgan fingerprint density at radius 2 is 1.33 bits per heavy atom. The van der Waals surface area contributed by atoms with E-state index < -0.39 is 18.3 Å². The van der Waals surface area contributed by atoms with Crippen LogP contribution in [0.3, 0.4) is 0 Å². The molecule has 0 bridgehead atoms. The predicted octanol–water partition coefficient (Wildman–Crippen LogP) is -0.747. The van der Waals surface area contributed by atoms with Gasteiger partial charge in [0.25, 0.3) is 0 Å². The van der Waals surface area contributed by atoms with Gasteiger partial charge in [-0.15, -0.1) is 0 Å². The summed E-state index contributed by atoms with van der Waals surface area (Å²) in [6.45, 7) is 0. The van der Waals surface area contributed by atoms with Crippen molar-refractivity contribution in [3.63, 3.8) is 0 Å². The Balaban J connectivity index is 2.41. The fourth-order valence-electron chi connectivity index (χ4n) is 1.13. The first-order valence-corrected chi connectivity index (χ1v) is 3.26. The summed E-state index contributed by atoms with van der Waals surface area (Å²) in [4.78, 5) is 0. The van der Waals surface area contributed by atoms with E-state index in [9.17, 15) is 0 Å². The molecular formula is C6H12O3. The van der Waals surface area contributed by atoms with Gasteiger partial charge in [0.1, 0.15) is 6.10 Å². The zero-order chi connectivity index (χ0) is 6.85. The molecule has 0 saturated heterocycles. The molecule has 1 fully saturated rings. The van der Waals surface area contributed by atoms with Gasteiger partial charge in [0.05, 0.1) is 12.2 Å². The van der Waals surface area contributed by atoms with Gasteiger partial charge in [0.2, 0.25) is 0 Å². The van der Waals surface area contributed by atoms with Crippen LogP contribution < -0.4 is 0 Å². The van der Waals surface area contributed by atoms with Crippen LogP contribution in [0.2, 0.25) is 0 Å². The lowest BCUT2D eigenvalue weighted by molar-refractivity contribution is -0.0843. The van der Waals surface area contributed by atoms with Gasteiger partial charge >= 0.3 is 0 Å². The smallest absolute Gasteiger partial charge is 0.106 e. The molecule has 0 amide bonds. The first kappa shape index (κ1) is 6.99. The van der Waals surface area contributed by atoms with Gasteiger partial charge in [-0.05, 0) is 19.3 Å². The van der Waals surface area contributed by atoms with E-state index in [-0.39, 0.29) is 0 Å². The molecule has 3 N–H and O–H groups in total. The number of hydrogen-bond acceptors (Lipinski definition) is 3. The van der Waals surface area contributed by atoms with Crippen molar-refractivity contribution in [3.8, 4) is 0 Å². The van der Waals surface area contributed by atoms with Crippen LogP contribution in [0.5, 0.6) is 0 Å². The molecule has 0 radical (unpaired) electrons. The summed E-state index contributed by atoms with van der Waals surface area (Å²) >= 11 is 0. The van der Waals surface area contributed by atoms with Crippen LogP contribution in [0.4, 0.5) is 0 Å². The third-order valence-corrected chi connectivity index (χ3v) is 1.79. The maximum absolute atomic E-state index is 8.95. The molecule has 0 unspecified atom stereocenters. The average molecular weight is 132 g/mol. The van der Waals surface area contributed by atoms with Crippen LogP contribution in [-0.4, -0.2) is 33.6 Å². The van der Waals surface area contributed by atoms with Gasteiger partial charge in [-0.2, -0.15) is 0 Å². The highest BCUT2D eigenvalue weighted by molar-refractivity contribution is 4.80. The highest BCUT2D eigenvalue weighted by Gasteiger charge is 2.28. The van der Waals surface area contributed by atoms with E-state index in [0.717, 1.165) is 6.42 Å². The molecule has 3 heteroatoms. The van der Waals surface area contributed by atoms with Gasteiger partial charge in [-0.1, -0.05) is 0 Å². The van der Waals surface area contributed by atoms with Gasteiger partial charge in [-0.25, -0.2) is 0 Å². The van der Waals surface area contributed by atoms with E-state index in [4.69, 9.17) is 15.3 Å². The molecule has 9 heavy (non-hydrogen) atoms. The van der Waals surface area contributed by atoms with Crippen molar-refractivity contribution in [2.45, 2.75) is 37.6 Å². The van der Waals surface area contributed by atoms with Gasteiger partial charge in [-0.3, -0.25) is 0 Å². The Morgan fingerprint density at radius 1 is 0.889 bits per heavy atom. The van der Waals surface area contributed by atoms with Gasteiger partial charge in [0.15, 0.2) is 0 Å². The van der Waals surface area contributed by atoms with Crippen molar-refractivity contribution in [3.05, 3.63) is 0 Å². The number of hydrogen-bond donors (Lipinski definition) is 3. The van der Waals surface area contributed by atoms with E-state index >= 15 is 0 Å². The van der Waals surface area contributed by atoms with Gasteiger partial charge in [0, 0.05) is 0 Å². The lowest BCUT2D eigenvalue weighted by Gasteiger charge is -2.27. The van der Waals surface area contributed by atoms with Crippen LogP contribution in [-0.2, 0) is 0 Å². The molecular weight excluding hydrogens is 120 g/mol.